The summed E-state index contributed by atoms with van der Waals surface area (Å²) in [6.45, 7) is 5.48. The summed E-state index contributed by atoms with van der Waals surface area (Å²) in [5.41, 5.74) is 0. The zero-order valence-corrected chi connectivity index (χ0v) is 13.3. The molecule has 0 atom stereocenters. The Morgan fingerprint density at radius 1 is 1.19 bits per heavy atom. The maximum Gasteiger partial charge on any atom is 0.305 e. The number of rotatable bonds is 9. The lowest BCUT2D eigenvalue weighted by molar-refractivity contribution is -0.140. The molecule has 0 aromatic heterocycles. The van der Waals surface area contributed by atoms with Crippen LogP contribution in [-0.4, -0.2) is 47.7 Å². The van der Waals surface area contributed by atoms with Crippen LogP contribution in [0.25, 0.3) is 0 Å². The van der Waals surface area contributed by atoms with E-state index < -0.39 is 5.97 Å². The summed E-state index contributed by atoms with van der Waals surface area (Å²) in [5, 5.41) is 8.84. The van der Waals surface area contributed by atoms with Crippen LogP contribution in [0.15, 0.2) is 0 Å². The number of carbonyl (C=O) groups is 2. The second-order valence-corrected chi connectivity index (χ2v) is 6.08. The van der Waals surface area contributed by atoms with Gasteiger partial charge in [-0.15, -0.1) is 0 Å². The van der Waals surface area contributed by atoms with Gasteiger partial charge in [-0.3, -0.25) is 9.59 Å². The normalized spacial score (nSPS) is 16.1. The number of carboxylic acids is 1. The highest BCUT2D eigenvalue weighted by atomic mass is 16.5. The summed E-state index contributed by atoms with van der Waals surface area (Å²) in [5.74, 6) is -0.617. The Morgan fingerprint density at radius 3 is 2.43 bits per heavy atom. The van der Waals surface area contributed by atoms with Crippen LogP contribution in [0.2, 0.25) is 0 Å². The van der Waals surface area contributed by atoms with Gasteiger partial charge in [0.1, 0.15) is 0 Å². The third-order valence-corrected chi connectivity index (χ3v) is 3.89. The van der Waals surface area contributed by atoms with Crippen molar-refractivity contribution >= 4 is 11.9 Å². The van der Waals surface area contributed by atoms with E-state index in [1.165, 1.54) is 6.42 Å². The molecule has 1 aliphatic rings. The summed E-state index contributed by atoms with van der Waals surface area (Å²) in [6.07, 6.45) is 6.29. The summed E-state index contributed by atoms with van der Waals surface area (Å²) in [4.78, 5) is 25.0. The minimum absolute atomic E-state index is 0.0174. The third-order valence-electron chi connectivity index (χ3n) is 3.89. The number of carboxylic acid groups (broad SMARTS) is 1. The van der Waals surface area contributed by atoms with Crippen LogP contribution in [0.4, 0.5) is 0 Å². The Morgan fingerprint density at radius 2 is 1.86 bits per heavy atom. The first kappa shape index (κ1) is 18.0. The lowest BCUT2D eigenvalue weighted by Crippen LogP contribution is -2.39. The van der Waals surface area contributed by atoms with Gasteiger partial charge in [0, 0.05) is 25.6 Å². The molecule has 0 aromatic carbocycles. The molecule has 0 aliphatic heterocycles. The maximum absolute atomic E-state index is 12.5. The zero-order chi connectivity index (χ0) is 15.7. The summed E-state index contributed by atoms with van der Waals surface area (Å²) in [7, 11) is 0. The zero-order valence-electron chi connectivity index (χ0n) is 13.3. The number of nitrogens with zero attached hydrogens (tertiary/aromatic N) is 1. The molecule has 0 aromatic rings. The van der Waals surface area contributed by atoms with Crippen LogP contribution in [0, 0.1) is 5.92 Å². The maximum atomic E-state index is 12.5. The van der Waals surface area contributed by atoms with E-state index >= 15 is 0 Å². The highest BCUT2D eigenvalue weighted by Gasteiger charge is 2.25. The van der Waals surface area contributed by atoms with Crippen molar-refractivity contribution in [2.75, 3.05) is 19.7 Å². The molecule has 0 bridgehead atoms. The lowest BCUT2D eigenvalue weighted by atomic mass is 9.88. The van der Waals surface area contributed by atoms with Gasteiger partial charge in [-0.2, -0.15) is 0 Å². The molecule has 122 valence electrons. The SMILES string of the molecule is CC(C)OCCCN(CCC(=O)O)C(=O)C1CCCCC1. The quantitative estimate of drug-likeness (QED) is 0.665. The average Bonchev–Trinajstić information content (AvgIpc) is 2.46. The molecule has 1 rings (SSSR count). The molecule has 1 amide bonds. The molecule has 1 saturated carbocycles. The van der Waals surface area contributed by atoms with Crippen molar-refractivity contribution < 1.29 is 19.4 Å². The first-order valence-electron chi connectivity index (χ1n) is 8.13. The van der Waals surface area contributed by atoms with Crippen molar-refractivity contribution in [3.05, 3.63) is 0 Å². The smallest absolute Gasteiger partial charge is 0.305 e. The van der Waals surface area contributed by atoms with Crippen molar-refractivity contribution in [2.45, 2.75) is 64.9 Å². The number of aliphatic carboxylic acids is 1. The second kappa shape index (κ2) is 9.77. The van der Waals surface area contributed by atoms with Gasteiger partial charge in [-0.25, -0.2) is 0 Å². The van der Waals surface area contributed by atoms with Gasteiger partial charge in [0.05, 0.1) is 12.5 Å². The largest absolute Gasteiger partial charge is 0.481 e. The molecule has 5 heteroatoms. The Balaban J connectivity index is 2.45. The van der Waals surface area contributed by atoms with Gasteiger partial charge in [0.2, 0.25) is 5.91 Å². The Hall–Kier alpha value is -1.10. The fraction of sp³-hybridized carbons (Fsp3) is 0.875. The minimum Gasteiger partial charge on any atom is -0.481 e. The molecule has 1 N–H and O–H groups in total. The Kier molecular flexibility index (Phi) is 8.35. The van der Waals surface area contributed by atoms with Crippen molar-refractivity contribution in [1.29, 1.82) is 0 Å². The second-order valence-electron chi connectivity index (χ2n) is 6.08. The van der Waals surface area contributed by atoms with Crippen LogP contribution in [-0.2, 0) is 14.3 Å². The van der Waals surface area contributed by atoms with Crippen molar-refractivity contribution in [2.24, 2.45) is 5.92 Å². The summed E-state index contributed by atoms with van der Waals surface area (Å²) >= 11 is 0. The average molecular weight is 299 g/mol. The molecule has 0 spiro atoms. The highest BCUT2D eigenvalue weighted by molar-refractivity contribution is 5.79. The van der Waals surface area contributed by atoms with Gasteiger partial charge in [-0.1, -0.05) is 19.3 Å². The lowest BCUT2D eigenvalue weighted by Gasteiger charge is -2.29. The van der Waals surface area contributed by atoms with E-state index in [0.29, 0.717) is 19.7 Å². The van der Waals surface area contributed by atoms with Gasteiger partial charge in [0.15, 0.2) is 0 Å². The predicted octanol–water partition coefficient (Wildman–Crippen LogP) is 2.69. The molecular formula is C16H29NO4. The van der Waals surface area contributed by atoms with Crippen LogP contribution in [0.3, 0.4) is 0 Å². The molecule has 1 aliphatic carbocycles. The van der Waals surface area contributed by atoms with E-state index in [-0.39, 0.29) is 24.3 Å². The van der Waals surface area contributed by atoms with Gasteiger partial charge in [-0.05, 0) is 33.1 Å². The molecule has 21 heavy (non-hydrogen) atoms. The van der Waals surface area contributed by atoms with Crippen LogP contribution in [0.5, 0.6) is 0 Å². The fourth-order valence-electron chi connectivity index (χ4n) is 2.74. The van der Waals surface area contributed by atoms with Gasteiger partial charge >= 0.3 is 5.97 Å². The van der Waals surface area contributed by atoms with E-state index in [9.17, 15) is 9.59 Å². The molecule has 0 heterocycles. The number of ether oxygens (including phenoxy) is 1. The van der Waals surface area contributed by atoms with E-state index in [1.807, 2.05) is 13.8 Å². The van der Waals surface area contributed by atoms with Crippen LogP contribution in [0.1, 0.15) is 58.8 Å². The Bertz CT molecular complexity index is 324. The van der Waals surface area contributed by atoms with Crippen LogP contribution < -0.4 is 0 Å². The molecule has 0 unspecified atom stereocenters. The number of hydrogen-bond donors (Lipinski definition) is 1. The molecule has 0 radical (unpaired) electrons. The van der Waals surface area contributed by atoms with E-state index in [1.54, 1.807) is 4.90 Å². The first-order valence-corrected chi connectivity index (χ1v) is 8.13. The van der Waals surface area contributed by atoms with E-state index in [4.69, 9.17) is 9.84 Å². The highest BCUT2D eigenvalue weighted by Crippen LogP contribution is 2.25. The summed E-state index contributed by atoms with van der Waals surface area (Å²) in [6, 6.07) is 0. The van der Waals surface area contributed by atoms with E-state index in [0.717, 1.165) is 32.1 Å². The van der Waals surface area contributed by atoms with Crippen molar-refractivity contribution in [1.82, 2.24) is 4.90 Å². The van der Waals surface area contributed by atoms with Gasteiger partial charge < -0.3 is 14.7 Å². The minimum atomic E-state index is -0.852. The summed E-state index contributed by atoms with van der Waals surface area (Å²) < 4.78 is 5.49. The number of hydrogen-bond acceptors (Lipinski definition) is 3. The molecule has 0 saturated heterocycles. The molecule has 5 nitrogen and oxygen atoms in total. The topological polar surface area (TPSA) is 66.8 Å². The Labute approximate surface area is 127 Å². The van der Waals surface area contributed by atoms with Crippen molar-refractivity contribution in [3.8, 4) is 0 Å². The third kappa shape index (κ3) is 7.46. The molecule has 1 fully saturated rings. The first-order chi connectivity index (χ1) is 10.0. The number of carbonyl (C=O) groups excluding carboxylic acids is 1. The van der Waals surface area contributed by atoms with E-state index in [2.05, 4.69) is 0 Å². The standard InChI is InChI=1S/C16H29NO4/c1-13(2)21-12-6-10-17(11-9-15(18)19)16(20)14-7-4-3-5-8-14/h13-14H,3-12H2,1-2H3,(H,18,19). The molecular weight excluding hydrogens is 270 g/mol. The monoisotopic (exact) mass is 299 g/mol. The van der Waals surface area contributed by atoms with Gasteiger partial charge in [0.25, 0.3) is 0 Å². The number of amides is 1. The van der Waals surface area contributed by atoms with Crippen LogP contribution >= 0.6 is 0 Å². The van der Waals surface area contributed by atoms with Crippen molar-refractivity contribution in [3.63, 3.8) is 0 Å². The predicted molar refractivity (Wildman–Crippen MR) is 81.1 cm³/mol. The fourth-order valence-corrected chi connectivity index (χ4v) is 2.74.